The summed E-state index contributed by atoms with van der Waals surface area (Å²) in [6, 6.07) is 0. The third-order valence-electron chi connectivity index (χ3n) is 14.5. The Balaban J connectivity index is 4.02. The third-order valence-corrected chi connectivity index (χ3v) is 15.5. The standard InChI is InChI=1S/C68H126NO8P/c1-6-8-10-12-14-16-18-20-22-24-26-28-29-30-31-32-33-34-35-36-37-38-39-41-43-45-47-49-51-53-55-57-59-61-68(71)77-66(65-76-78(72,73)75-63-62-69(3,4)5)64-74-67(70)60-58-56-54-52-50-48-46-44-42-40-27-25-23-21-19-17-15-13-11-9-7-2/h8,10,14,16,20,22,25-28,66H,6-7,9,11-13,15,17-19,21,23-24,29-65H2,1-5H3/p+1/b10-8-,16-14-,22-20-,27-25-,28-26-. The van der Waals surface area contributed by atoms with Crippen molar-refractivity contribution in [3.8, 4) is 0 Å². The Morgan fingerprint density at radius 1 is 0.410 bits per heavy atom. The zero-order chi connectivity index (χ0) is 57.0. The van der Waals surface area contributed by atoms with Crippen LogP contribution >= 0.6 is 7.82 Å². The number of esters is 2. The van der Waals surface area contributed by atoms with Crippen LogP contribution in [0.2, 0.25) is 0 Å². The van der Waals surface area contributed by atoms with Gasteiger partial charge in [-0.1, -0.05) is 280 Å². The maximum atomic E-state index is 12.9. The van der Waals surface area contributed by atoms with Crippen molar-refractivity contribution < 1.29 is 42.1 Å². The predicted molar refractivity (Wildman–Crippen MR) is 335 cm³/mol. The lowest BCUT2D eigenvalue weighted by Gasteiger charge is -2.24. The van der Waals surface area contributed by atoms with Gasteiger partial charge >= 0.3 is 19.8 Å². The summed E-state index contributed by atoms with van der Waals surface area (Å²) in [5, 5.41) is 0. The number of hydrogen-bond acceptors (Lipinski definition) is 7. The van der Waals surface area contributed by atoms with Crippen LogP contribution in [0.3, 0.4) is 0 Å². The van der Waals surface area contributed by atoms with Crippen molar-refractivity contribution in [2.45, 2.75) is 315 Å². The van der Waals surface area contributed by atoms with Gasteiger partial charge in [-0.05, 0) is 77.0 Å². The van der Waals surface area contributed by atoms with Crippen LogP contribution in [-0.2, 0) is 32.7 Å². The molecular formula is C68H127NO8P+. The number of unbranched alkanes of at least 4 members (excludes halogenated alkanes) is 37. The van der Waals surface area contributed by atoms with E-state index in [1.807, 2.05) is 21.1 Å². The van der Waals surface area contributed by atoms with E-state index < -0.39 is 26.5 Å². The highest BCUT2D eigenvalue weighted by atomic mass is 31.2. The van der Waals surface area contributed by atoms with Gasteiger partial charge in [0, 0.05) is 12.8 Å². The number of allylic oxidation sites excluding steroid dienone is 10. The van der Waals surface area contributed by atoms with Gasteiger partial charge < -0.3 is 18.9 Å². The number of phosphoric acid groups is 1. The van der Waals surface area contributed by atoms with E-state index in [4.69, 9.17) is 18.5 Å². The highest BCUT2D eigenvalue weighted by Gasteiger charge is 2.27. The summed E-state index contributed by atoms with van der Waals surface area (Å²) in [4.78, 5) is 35.8. The largest absolute Gasteiger partial charge is 0.472 e. The van der Waals surface area contributed by atoms with Crippen LogP contribution in [0.4, 0.5) is 0 Å². The van der Waals surface area contributed by atoms with Crippen LogP contribution in [0, 0.1) is 0 Å². The van der Waals surface area contributed by atoms with E-state index in [2.05, 4.69) is 74.6 Å². The summed E-state index contributed by atoms with van der Waals surface area (Å²) in [6.07, 6.45) is 77.4. The molecule has 456 valence electrons. The van der Waals surface area contributed by atoms with Gasteiger partial charge in [0.05, 0.1) is 27.7 Å². The second kappa shape index (κ2) is 59.3. The number of quaternary nitrogens is 1. The molecular weight excluding hydrogens is 990 g/mol. The molecule has 0 aliphatic heterocycles. The van der Waals surface area contributed by atoms with E-state index in [1.54, 1.807) is 0 Å². The molecule has 9 nitrogen and oxygen atoms in total. The lowest BCUT2D eigenvalue weighted by Crippen LogP contribution is -2.37. The Labute approximate surface area is 483 Å². The van der Waals surface area contributed by atoms with Gasteiger partial charge in [0.1, 0.15) is 19.8 Å². The Bertz CT molecular complexity index is 1500. The summed E-state index contributed by atoms with van der Waals surface area (Å²) in [5.74, 6) is -0.785. The molecule has 0 aromatic heterocycles. The molecule has 0 rings (SSSR count). The van der Waals surface area contributed by atoms with Crippen LogP contribution in [0.25, 0.3) is 0 Å². The zero-order valence-electron chi connectivity index (χ0n) is 51.9. The summed E-state index contributed by atoms with van der Waals surface area (Å²) >= 11 is 0. The Kier molecular flexibility index (Phi) is 57.6. The summed E-state index contributed by atoms with van der Waals surface area (Å²) < 4.78 is 34.7. The summed E-state index contributed by atoms with van der Waals surface area (Å²) in [7, 11) is 1.49. The molecule has 2 atom stereocenters. The molecule has 0 aliphatic rings. The normalized spacial score (nSPS) is 13.6. The van der Waals surface area contributed by atoms with Crippen LogP contribution < -0.4 is 0 Å². The lowest BCUT2D eigenvalue weighted by atomic mass is 10.0. The number of carbonyl (C=O) groups is 2. The fourth-order valence-corrected chi connectivity index (χ4v) is 10.2. The van der Waals surface area contributed by atoms with Crippen molar-refractivity contribution in [3.05, 3.63) is 60.8 Å². The van der Waals surface area contributed by atoms with Crippen molar-refractivity contribution in [1.29, 1.82) is 0 Å². The molecule has 0 aromatic rings. The smallest absolute Gasteiger partial charge is 0.462 e. The number of likely N-dealkylation sites (N-methyl/N-ethyl adjacent to an activating group) is 1. The SMILES string of the molecule is CC/C=C\C/C=C\C/C=C\C/C=C\CCCCCCCCCCCCCCCCCCCCCCC(=O)OC(COC(=O)CCCCCCCCCCC/C=C\CCCCCCCCCC)COP(=O)(O)OCC[N+](C)(C)C. The first-order valence-electron chi connectivity index (χ1n) is 33.0. The Hall–Kier alpha value is -2.29. The minimum atomic E-state index is -4.39. The molecule has 0 amide bonds. The highest BCUT2D eigenvalue weighted by molar-refractivity contribution is 7.47. The number of hydrogen-bond donors (Lipinski definition) is 1. The molecule has 0 bridgehead atoms. The molecule has 2 unspecified atom stereocenters. The first-order valence-corrected chi connectivity index (χ1v) is 34.5. The van der Waals surface area contributed by atoms with Crippen LogP contribution in [0.5, 0.6) is 0 Å². The van der Waals surface area contributed by atoms with E-state index in [0.29, 0.717) is 17.4 Å². The summed E-state index contributed by atoms with van der Waals surface area (Å²) in [5.41, 5.74) is 0. The zero-order valence-corrected chi connectivity index (χ0v) is 52.8. The average Bonchev–Trinajstić information content (AvgIpc) is 3.41. The molecule has 0 saturated carbocycles. The van der Waals surface area contributed by atoms with Gasteiger partial charge in [0.25, 0.3) is 0 Å². The monoisotopic (exact) mass is 1120 g/mol. The quantitative estimate of drug-likeness (QED) is 0.0211. The van der Waals surface area contributed by atoms with Crippen LogP contribution in [0.1, 0.15) is 309 Å². The van der Waals surface area contributed by atoms with Gasteiger partial charge in [-0.25, -0.2) is 4.57 Å². The van der Waals surface area contributed by atoms with Crippen LogP contribution in [-0.4, -0.2) is 74.9 Å². The molecule has 10 heteroatoms. The number of rotatable bonds is 61. The lowest BCUT2D eigenvalue weighted by molar-refractivity contribution is -0.870. The highest BCUT2D eigenvalue weighted by Crippen LogP contribution is 2.43. The van der Waals surface area contributed by atoms with E-state index >= 15 is 0 Å². The molecule has 0 fully saturated rings. The van der Waals surface area contributed by atoms with Gasteiger partial charge in [-0.2, -0.15) is 0 Å². The van der Waals surface area contributed by atoms with Gasteiger partial charge in [0.15, 0.2) is 6.10 Å². The molecule has 0 spiro atoms. The minimum absolute atomic E-state index is 0.0323. The van der Waals surface area contributed by atoms with Crippen molar-refractivity contribution in [2.24, 2.45) is 0 Å². The summed E-state index contributed by atoms with van der Waals surface area (Å²) in [6.45, 7) is 4.36. The van der Waals surface area contributed by atoms with Crippen molar-refractivity contribution >= 4 is 19.8 Å². The van der Waals surface area contributed by atoms with Crippen molar-refractivity contribution in [3.63, 3.8) is 0 Å². The van der Waals surface area contributed by atoms with Crippen molar-refractivity contribution in [1.82, 2.24) is 0 Å². The van der Waals surface area contributed by atoms with Gasteiger partial charge in [-0.15, -0.1) is 0 Å². The maximum absolute atomic E-state index is 12.9. The van der Waals surface area contributed by atoms with E-state index in [0.717, 1.165) is 57.8 Å². The fourth-order valence-electron chi connectivity index (χ4n) is 9.48. The Morgan fingerprint density at radius 3 is 1.10 bits per heavy atom. The molecule has 78 heavy (non-hydrogen) atoms. The average molecular weight is 1120 g/mol. The molecule has 1 N–H and O–H groups in total. The number of carbonyl (C=O) groups excluding carboxylic acids is 2. The third kappa shape index (κ3) is 62.9. The van der Waals surface area contributed by atoms with E-state index in [9.17, 15) is 19.0 Å². The first-order chi connectivity index (χ1) is 38.0. The van der Waals surface area contributed by atoms with Crippen molar-refractivity contribution in [2.75, 3.05) is 47.5 Å². The van der Waals surface area contributed by atoms with E-state index in [-0.39, 0.29) is 32.0 Å². The molecule has 0 aromatic carbocycles. The van der Waals surface area contributed by atoms with E-state index in [1.165, 1.54) is 218 Å². The first kappa shape index (κ1) is 75.7. The topological polar surface area (TPSA) is 108 Å². The fraction of sp³-hybridized carbons (Fsp3) is 0.824. The number of phosphoric ester groups is 1. The predicted octanol–water partition coefficient (Wildman–Crippen LogP) is 21.0. The van der Waals surface area contributed by atoms with Gasteiger partial charge in [0.2, 0.25) is 0 Å². The number of ether oxygens (including phenoxy) is 2. The second-order valence-electron chi connectivity index (χ2n) is 23.5. The molecule has 0 radical (unpaired) electrons. The second-order valence-corrected chi connectivity index (χ2v) is 24.9. The maximum Gasteiger partial charge on any atom is 0.472 e. The van der Waals surface area contributed by atoms with Gasteiger partial charge in [-0.3, -0.25) is 18.6 Å². The number of nitrogens with zero attached hydrogens (tertiary/aromatic N) is 1. The Morgan fingerprint density at radius 2 is 0.731 bits per heavy atom. The minimum Gasteiger partial charge on any atom is -0.462 e. The van der Waals surface area contributed by atoms with Crippen LogP contribution in [0.15, 0.2) is 60.8 Å². The molecule has 0 saturated heterocycles. The molecule has 0 aliphatic carbocycles. The molecule has 0 heterocycles.